The molecule has 2 aromatic rings. The molecule has 0 aliphatic carbocycles. The van der Waals surface area contributed by atoms with Crippen molar-refractivity contribution in [2.75, 3.05) is 14.2 Å². The third-order valence-electron chi connectivity index (χ3n) is 3.91. The number of hydrogen-bond acceptors (Lipinski definition) is 3. The van der Waals surface area contributed by atoms with E-state index in [4.69, 9.17) is 21.2 Å². The molecule has 0 radical (unpaired) electrons. The molecule has 0 spiro atoms. The molecule has 3 rings (SSSR count). The van der Waals surface area contributed by atoms with E-state index >= 15 is 0 Å². The molecule has 0 N–H and O–H groups in total. The number of benzene rings is 2. The van der Waals surface area contributed by atoms with Crippen molar-refractivity contribution in [3.05, 3.63) is 64.7 Å². The van der Waals surface area contributed by atoms with E-state index < -0.39 is 0 Å². The standard InChI is InChI=1S/C17H18ClNO2/c1-19-16(12-5-9-15(20-2)10-6-12)11-17(21-19)13-3-7-14(18)8-4-13/h3-10,16-17H,11H2,1-2H3. The van der Waals surface area contributed by atoms with Gasteiger partial charge in [-0.05, 0) is 35.4 Å². The van der Waals surface area contributed by atoms with Crippen LogP contribution in [0.1, 0.15) is 29.7 Å². The molecule has 21 heavy (non-hydrogen) atoms. The first kappa shape index (κ1) is 14.4. The fourth-order valence-electron chi connectivity index (χ4n) is 2.71. The smallest absolute Gasteiger partial charge is 0.118 e. The van der Waals surface area contributed by atoms with Crippen molar-refractivity contribution in [3.63, 3.8) is 0 Å². The molecule has 1 aliphatic heterocycles. The van der Waals surface area contributed by atoms with Crippen molar-refractivity contribution >= 4 is 11.6 Å². The van der Waals surface area contributed by atoms with Crippen LogP contribution in [-0.2, 0) is 4.84 Å². The molecule has 0 saturated carbocycles. The highest BCUT2D eigenvalue weighted by Crippen LogP contribution is 2.41. The van der Waals surface area contributed by atoms with Crippen LogP contribution in [0.2, 0.25) is 5.02 Å². The van der Waals surface area contributed by atoms with Gasteiger partial charge in [0.15, 0.2) is 0 Å². The summed E-state index contributed by atoms with van der Waals surface area (Å²) in [4.78, 5) is 5.97. The molecule has 2 unspecified atom stereocenters. The number of nitrogens with zero attached hydrogens (tertiary/aromatic N) is 1. The van der Waals surface area contributed by atoms with Crippen molar-refractivity contribution in [2.24, 2.45) is 0 Å². The second-order valence-corrected chi connectivity index (χ2v) is 5.65. The van der Waals surface area contributed by atoms with Crippen LogP contribution >= 0.6 is 11.6 Å². The summed E-state index contributed by atoms with van der Waals surface area (Å²) in [7, 11) is 3.65. The molecular formula is C17H18ClNO2. The molecule has 0 aromatic heterocycles. The second kappa shape index (κ2) is 6.06. The summed E-state index contributed by atoms with van der Waals surface area (Å²) in [6.45, 7) is 0. The molecule has 3 nitrogen and oxygen atoms in total. The van der Waals surface area contributed by atoms with Crippen LogP contribution in [0.4, 0.5) is 0 Å². The first-order valence-electron chi connectivity index (χ1n) is 6.96. The lowest BCUT2D eigenvalue weighted by Crippen LogP contribution is -2.16. The zero-order valence-electron chi connectivity index (χ0n) is 12.1. The van der Waals surface area contributed by atoms with Crippen molar-refractivity contribution in [1.29, 1.82) is 0 Å². The predicted octanol–water partition coefficient (Wildman–Crippen LogP) is 4.40. The van der Waals surface area contributed by atoms with Gasteiger partial charge in [-0.3, -0.25) is 4.84 Å². The highest BCUT2D eigenvalue weighted by molar-refractivity contribution is 6.30. The molecule has 0 bridgehead atoms. The zero-order chi connectivity index (χ0) is 14.8. The van der Waals surface area contributed by atoms with Gasteiger partial charge in [-0.1, -0.05) is 35.9 Å². The Kier molecular flexibility index (Phi) is 4.15. The van der Waals surface area contributed by atoms with Gasteiger partial charge < -0.3 is 4.74 Å². The van der Waals surface area contributed by atoms with E-state index in [1.165, 1.54) is 5.56 Å². The lowest BCUT2D eigenvalue weighted by atomic mass is 9.98. The van der Waals surface area contributed by atoms with E-state index in [1.54, 1.807) is 7.11 Å². The highest BCUT2D eigenvalue weighted by atomic mass is 35.5. The van der Waals surface area contributed by atoms with Gasteiger partial charge in [0, 0.05) is 18.5 Å². The van der Waals surface area contributed by atoms with E-state index in [-0.39, 0.29) is 12.1 Å². The number of rotatable bonds is 3. The molecule has 1 saturated heterocycles. The lowest BCUT2D eigenvalue weighted by Gasteiger charge is -2.17. The summed E-state index contributed by atoms with van der Waals surface area (Å²) >= 11 is 5.94. The summed E-state index contributed by atoms with van der Waals surface area (Å²) in [6.07, 6.45) is 0.990. The third-order valence-corrected chi connectivity index (χ3v) is 4.16. The molecule has 2 aromatic carbocycles. The van der Waals surface area contributed by atoms with Crippen LogP contribution in [0.25, 0.3) is 0 Å². The molecule has 1 heterocycles. The minimum Gasteiger partial charge on any atom is -0.497 e. The van der Waals surface area contributed by atoms with Gasteiger partial charge in [0.05, 0.1) is 13.2 Å². The van der Waals surface area contributed by atoms with Crippen molar-refractivity contribution in [2.45, 2.75) is 18.6 Å². The van der Waals surface area contributed by atoms with E-state index in [1.807, 2.05) is 48.5 Å². The Morgan fingerprint density at radius 3 is 2.29 bits per heavy atom. The van der Waals surface area contributed by atoms with Gasteiger partial charge in [-0.15, -0.1) is 0 Å². The van der Waals surface area contributed by atoms with Crippen LogP contribution in [0.15, 0.2) is 48.5 Å². The van der Waals surface area contributed by atoms with Gasteiger partial charge in [0.25, 0.3) is 0 Å². The van der Waals surface area contributed by atoms with E-state index in [9.17, 15) is 0 Å². The van der Waals surface area contributed by atoms with Crippen LogP contribution in [0, 0.1) is 0 Å². The van der Waals surface area contributed by atoms with Crippen LogP contribution in [0.5, 0.6) is 5.75 Å². The van der Waals surface area contributed by atoms with Crippen LogP contribution in [0.3, 0.4) is 0 Å². The number of methoxy groups -OCH3 is 1. The Hall–Kier alpha value is -1.55. The molecule has 2 atom stereocenters. The number of hydroxylamine groups is 2. The van der Waals surface area contributed by atoms with E-state index in [2.05, 4.69) is 12.1 Å². The topological polar surface area (TPSA) is 21.7 Å². The van der Waals surface area contributed by atoms with Gasteiger partial charge in [0.2, 0.25) is 0 Å². The summed E-state index contributed by atoms with van der Waals surface area (Å²) in [5, 5.41) is 2.68. The number of halogens is 1. The molecule has 110 valence electrons. The summed E-state index contributed by atoms with van der Waals surface area (Å²) < 4.78 is 5.20. The number of ether oxygens (including phenoxy) is 1. The monoisotopic (exact) mass is 303 g/mol. The Bertz CT molecular complexity index is 597. The van der Waals surface area contributed by atoms with Crippen molar-refractivity contribution < 1.29 is 9.57 Å². The average molecular weight is 304 g/mol. The van der Waals surface area contributed by atoms with Crippen molar-refractivity contribution in [1.82, 2.24) is 5.06 Å². The second-order valence-electron chi connectivity index (χ2n) is 5.22. The molecular weight excluding hydrogens is 286 g/mol. The molecule has 1 aliphatic rings. The quantitative estimate of drug-likeness (QED) is 0.839. The SMILES string of the molecule is COc1ccc(C2CC(c3ccc(Cl)cc3)ON2C)cc1. The van der Waals surface area contributed by atoms with E-state index in [0.717, 1.165) is 22.8 Å². The predicted molar refractivity (Wildman–Crippen MR) is 83.4 cm³/mol. The average Bonchev–Trinajstić information content (AvgIpc) is 2.90. The van der Waals surface area contributed by atoms with Gasteiger partial charge in [0.1, 0.15) is 11.9 Å². The maximum Gasteiger partial charge on any atom is 0.118 e. The van der Waals surface area contributed by atoms with Crippen molar-refractivity contribution in [3.8, 4) is 5.75 Å². The van der Waals surface area contributed by atoms with Gasteiger partial charge >= 0.3 is 0 Å². The minimum atomic E-state index is 0.0689. The van der Waals surface area contributed by atoms with Crippen LogP contribution in [-0.4, -0.2) is 19.2 Å². The summed E-state index contributed by atoms with van der Waals surface area (Å²) in [5.41, 5.74) is 2.39. The normalized spacial score (nSPS) is 22.4. The van der Waals surface area contributed by atoms with Crippen LogP contribution < -0.4 is 4.74 Å². The molecule has 0 amide bonds. The first-order chi connectivity index (χ1) is 10.2. The van der Waals surface area contributed by atoms with Gasteiger partial charge in [-0.25, -0.2) is 0 Å². The fourth-order valence-corrected chi connectivity index (χ4v) is 2.84. The summed E-state index contributed by atoms with van der Waals surface area (Å²) in [5.74, 6) is 0.870. The lowest BCUT2D eigenvalue weighted by molar-refractivity contribution is -0.146. The van der Waals surface area contributed by atoms with Gasteiger partial charge in [-0.2, -0.15) is 5.06 Å². The molecule has 4 heteroatoms. The maximum absolute atomic E-state index is 5.97. The zero-order valence-corrected chi connectivity index (χ0v) is 12.9. The Morgan fingerprint density at radius 2 is 1.67 bits per heavy atom. The third kappa shape index (κ3) is 3.05. The fraction of sp³-hybridized carbons (Fsp3) is 0.294. The molecule has 1 fully saturated rings. The maximum atomic E-state index is 5.97. The first-order valence-corrected chi connectivity index (χ1v) is 7.34. The Labute approximate surface area is 130 Å². The summed E-state index contributed by atoms with van der Waals surface area (Å²) in [6, 6.07) is 16.3. The Morgan fingerprint density at radius 1 is 1.05 bits per heavy atom. The van der Waals surface area contributed by atoms with E-state index in [0.29, 0.717) is 0 Å². The minimum absolute atomic E-state index is 0.0689. The highest BCUT2D eigenvalue weighted by Gasteiger charge is 2.32. The Balaban J connectivity index is 1.77. The largest absolute Gasteiger partial charge is 0.497 e. The number of hydrogen-bond donors (Lipinski definition) is 0.